The standard InChI is InChI=1S/C15H17N3O4/c19-13(17-7-5-10(6-8-17)14(20)21)9-18-12-4-2-1-3-11(12)16-15(18)22/h1-4,10H,5-9H2,(H,16,22)(H,20,21). The normalized spacial score (nSPS) is 16.1. The molecule has 0 unspecified atom stereocenters. The van der Waals surface area contributed by atoms with Crippen LogP contribution in [-0.2, 0) is 16.1 Å². The number of carbonyl (C=O) groups is 2. The largest absolute Gasteiger partial charge is 0.481 e. The van der Waals surface area contributed by atoms with E-state index in [4.69, 9.17) is 5.11 Å². The van der Waals surface area contributed by atoms with Crippen LogP contribution < -0.4 is 5.69 Å². The molecule has 1 aliphatic rings. The molecule has 2 aromatic rings. The summed E-state index contributed by atoms with van der Waals surface area (Å²) in [6, 6.07) is 7.21. The van der Waals surface area contributed by atoms with Gasteiger partial charge in [0.1, 0.15) is 6.54 Å². The van der Waals surface area contributed by atoms with Crippen molar-refractivity contribution in [1.29, 1.82) is 0 Å². The van der Waals surface area contributed by atoms with Gasteiger partial charge < -0.3 is 15.0 Å². The Bertz CT molecular complexity index is 768. The number of carboxylic acids is 1. The SMILES string of the molecule is O=C(O)C1CCN(C(=O)Cn2c(=O)[nH]c3ccccc32)CC1. The average Bonchev–Trinajstić information content (AvgIpc) is 2.83. The Morgan fingerprint density at radius 2 is 1.91 bits per heavy atom. The number of nitrogens with one attached hydrogen (secondary N) is 1. The molecular weight excluding hydrogens is 286 g/mol. The number of aromatic nitrogens is 2. The van der Waals surface area contributed by atoms with Gasteiger partial charge >= 0.3 is 11.7 Å². The third kappa shape index (κ3) is 2.61. The number of imidazole rings is 1. The fourth-order valence-electron chi connectivity index (χ4n) is 2.87. The zero-order chi connectivity index (χ0) is 15.7. The summed E-state index contributed by atoms with van der Waals surface area (Å²) in [5, 5.41) is 8.97. The number of hydrogen-bond acceptors (Lipinski definition) is 3. The molecule has 2 heterocycles. The van der Waals surface area contributed by atoms with Crippen LogP contribution in [-0.4, -0.2) is 44.5 Å². The third-order valence-corrected chi connectivity index (χ3v) is 4.17. The Kier molecular flexibility index (Phi) is 3.70. The van der Waals surface area contributed by atoms with Gasteiger partial charge in [0.2, 0.25) is 5.91 Å². The fourth-order valence-corrected chi connectivity index (χ4v) is 2.87. The number of likely N-dealkylation sites (tertiary alicyclic amines) is 1. The first-order valence-corrected chi connectivity index (χ1v) is 7.24. The summed E-state index contributed by atoms with van der Waals surface area (Å²) in [7, 11) is 0. The maximum atomic E-state index is 12.3. The lowest BCUT2D eigenvalue weighted by Crippen LogP contribution is -2.42. The summed E-state index contributed by atoms with van der Waals surface area (Å²) in [4.78, 5) is 39.6. The molecular formula is C15H17N3O4. The number of hydrogen-bond donors (Lipinski definition) is 2. The number of amides is 1. The van der Waals surface area contributed by atoms with E-state index in [1.807, 2.05) is 12.1 Å². The van der Waals surface area contributed by atoms with Crippen LogP contribution in [0.5, 0.6) is 0 Å². The van der Waals surface area contributed by atoms with Crippen molar-refractivity contribution < 1.29 is 14.7 Å². The van der Waals surface area contributed by atoms with Crippen molar-refractivity contribution in [2.75, 3.05) is 13.1 Å². The van der Waals surface area contributed by atoms with Crippen LogP contribution in [0.4, 0.5) is 0 Å². The van der Waals surface area contributed by atoms with Crippen LogP contribution in [0, 0.1) is 5.92 Å². The Morgan fingerprint density at radius 1 is 1.23 bits per heavy atom. The Labute approximate surface area is 126 Å². The zero-order valence-corrected chi connectivity index (χ0v) is 12.0. The van der Waals surface area contributed by atoms with Crippen molar-refractivity contribution in [3.63, 3.8) is 0 Å². The number of carboxylic acid groups (broad SMARTS) is 1. The molecule has 1 fully saturated rings. The average molecular weight is 303 g/mol. The highest BCUT2D eigenvalue weighted by atomic mass is 16.4. The number of para-hydroxylation sites is 2. The number of carbonyl (C=O) groups excluding carboxylic acids is 1. The zero-order valence-electron chi connectivity index (χ0n) is 12.0. The number of aliphatic carboxylic acids is 1. The van der Waals surface area contributed by atoms with Gasteiger partial charge in [0.15, 0.2) is 0 Å². The minimum Gasteiger partial charge on any atom is -0.481 e. The molecule has 1 saturated heterocycles. The second kappa shape index (κ2) is 5.67. The van der Waals surface area contributed by atoms with Crippen LogP contribution in [0.25, 0.3) is 11.0 Å². The first kappa shape index (κ1) is 14.4. The van der Waals surface area contributed by atoms with Gasteiger partial charge in [-0.15, -0.1) is 0 Å². The highest BCUT2D eigenvalue weighted by molar-refractivity contribution is 5.81. The second-order valence-corrected chi connectivity index (χ2v) is 5.53. The molecule has 0 radical (unpaired) electrons. The Balaban J connectivity index is 1.73. The van der Waals surface area contributed by atoms with E-state index in [2.05, 4.69) is 4.98 Å². The van der Waals surface area contributed by atoms with Crippen molar-refractivity contribution in [1.82, 2.24) is 14.5 Å². The van der Waals surface area contributed by atoms with E-state index in [9.17, 15) is 14.4 Å². The predicted octanol–water partition coefficient (Wildman–Crippen LogP) is 0.653. The monoisotopic (exact) mass is 303 g/mol. The van der Waals surface area contributed by atoms with Crippen molar-refractivity contribution in [2.45, 2.75) is 19.4 Å². The van der Waals surface area contributed by atoms with E-state index in [1.54, 1.807) is 17.0 Å². The van der Waals surface area contributed by atoms with E-state index in [0.717, 1.165) is 0 Å². The quantitative estimate of drug-likeness (QED) is 0.870. The van der Waals surface area contributed by atoms with Gasteiger partial charge in [0, 0.05) is 13.1 Å². The molecule has 1 amide bonds. The van der Waals surface area contributed by atoms with Gasteiger partial charge in [-0.2, -0.15) is 0 Å². The fraction of sp³-hybridized carbons (Fsp3) is 0.400. The Morgan fingerprint density at radius 3 is 2.59 bits per heavy atom. The molecule has 0 bridgehead atoms. The number of nitrogens with zero attached hydrogens (tertiary/aromatic N) is 2. The van der Waals surface area contributed by atoms with Crippen LogP contribution in [0.15, 0.2) is 29.1 Å². The first-order valence-electron chi connectivity index (χ1n) is 7.24. The van der Waals surface area contributed by atoms with Crippen molar-refractivity contribution in [3.8, 4) is 0 Å². The van der Waals surface area contributed by atoms with Gasteiger partial charge in [-0.3, -0.25) is 14.2 Å². The summed E-state index contributed by atoms with van der Waals surface area (Å²) in [5.41, 5.74) is 1.08. The molecule has 1 aromatic heterocycles. The number of piperidine rings is 1. The maximum absolute atomic E-state index is 12.3. The lowest BCUT2D eigenvalue weighted by molar-refractivity contribution is -0.145. The molecule has 2 N–H and O–H groups in total. The lowest BCUT2D eigenvalue weighted by atomic mass is 9.97. The third-order valence-electron chi connectivity index (χ3n) is 4.17. The van der Waals surface area contributed by atoms with Crippen LogP contribution >= 0.6 is 0 Å². The van der Waals surface area contributed by atoms with Crippen molar-refractivity contribution in [2.24, 2.45) is 5.92 Å². The highest BCUT2D eigenvalue weighted by Crippen LogP contribution is 2.18. The van der Waals surface area contributed by atoms with Gasteiger partial charge in [0.05, 0.1) is 17.0 Å². The van der Waals surface area contributed by atoms with Gasteiger partial charge in [0.25, 0.3) is 0 Å². The molecule has 0 saturated carbocycles. The smallest absolute Gasteiger partial charge is 0.326 e. The number of benzene rings is 1. The van der Waals surface area contributed by atoms with Crippen LogP contribution in [0.3, 0.4) is 0 Å². The van der Waals surface area contributed by atoms with E-state index in [1.165, 1.54) is 4.57 Å². The van der Waals surface area contributed by atoms with Crippen LogP contribution in [0.2, 0.25) is 0 Å². The van der Waals surface area contributed by atoms with Crippen molar-refractivity contribution in [3.05, 3.63) is 34.7 Å². The number of fused-ring (bicyclic) bond motifs is 1. The van der Waals surface area contributed by atoms with E-state index in [0.29, 0.717) is 37.0 Å². The molecule has 0 atom stereocenters. The Hall–Kier alpha value is -2.57. The second-order valence-electron chi connectivity index (χ2n) is 5.53. The summed E-state index contributed by atoms with van der Waals surface area (Å²) >= 11 is 0. The summed E-state index contributed by atoms with van der Waals surface area (Å²) in [6.45, 7) is 0.820. The molecule has 22 heavy (non-hydrogen) atoms. The molecule has 0 spiro atoms. The molecule has 0 aliphatic carbocycles. The lowest BCUT2D eigenvalue weighted by Gasteiger charge is -2.30. The summed E-state index contributed by atoms with van der Waals surface area (Å²) < 4.78 is 1.42. The highest BCUT2D eigenvalue weighted by Gasteiger charge is 2.27. The first-order chi connectivity index (χ1) is 10.6. The minimum atomic E-state index is -0.806. The van der Waals surface area contributed by atoms with Gasteiger partial charge in [-0.05, 0) is 25.0 Å². The van der Waals surface area contributed by atoms with E-state index >= 15 is 0 Å². The maximum Gasteiger partial charge on any atom is 0.326 e. The van der Waals surface area contributed by atoms with Gasteiger partial charge in [-0.25, -0.2) is 4.79 Å². The molecule has 1 aliphatic heterocycles. The number of H-pyrrole nitrogens is 1. The summed E-state index contributed by atoms with van der Waals surface area (Å²) in [5.74, 6) is -1.34. The van der Waals surface area contributed by atoms with E-state index < -0.39 is 5.97 Å². The van der Waals surface area contributed by atoms with Crippen molar-refractivity contribution >= 4 is 22.9 Å². The van der Waals surface area contributed by atoms with Gasteiger partial charge in [-0.1, -0.05) is 12.1 Å². The predicted molar refractivity (Wildman–Crippen MR) is 79.5 cm³/mol. The molecule has 116 valence electrons. The molecule has 7 heteroatoms. The molecule has 3 rings (SSSR count). The van der Waals surface area contributed by atoms with E-state index in [-0.39, 0.29) is 24.1 Å². The molecule has 7 nitrogen and oxygen atoms in total. The molecule has 1 aromatic carbocycles. The van der Waals surface area contributed by atoms with Crippen LogP contribution in [0.1, 0.15) is 12.8 Å². The number of aromatic amines is 1. The minimum absolute atomic E-state index is 0.0272. The number of rotatable bonds is 3. The summed E-state index contributed by atoms with van der Waals surface area (Å²) in [6.07, 6.45) is 0.924. The topological polar surface area (TPSA) is 95.4 Å².